The van der Waals surface area contributed by atoms with Crippen molar-refractivity contribution in [2.24, 2.45) is 5.41 Å². The van der Waals surface area contributed by atoms with Crippen molar-refractivity contribution in [3.63, 3.8) is 0 Å². The minimum Gasteiger partial charge on any atom is -0.466 e. The summed E-state index contributed by atoms with van der Waals surface area (Å²) in [5.74, 6) is 0.112. The van der Waals surface area contributed by atoms with Crippen LogP contribution in [0.5, 0.6) is 0 Å². The fraction of sp³-hybridized carbons (Fsp3) is 0.875. The van der Waals surface area contributed by atoms with Crippen LogP contribution < -0.4 is 0 Å². The topological polar surface area (TPSA) is 46.6 Å². The third-order valence-electron chi connectivity index (χ3n) is 3.36. The number of carbonyl (C=O) groups excluding carboxylic acids is 2. The second-order valence-electron chi connectivity index (χ2n) is 6.35. The maximum absolute atomic E-state index is 11.7. The lowest BCUT2D eigenvalue weighted by Crippen LogP contribution is -2.20. The second-order valence-corrected chi connectivity index (χ2v) is 6.35. The van der Waals surface area contributed by atoms with Crippen LogP contribution >= 0.6 is 0 Å². The molecule has 0 aromatic carbocycles. The molecule has 0 aliphatic carbocycles. The van der Waals surface area contributed by atoms with E-state index in [9.17, 15) is 9.59 Å². The van der Waals surface area contributed by atoms with Gasteiger partial charge in [0.25, 0.3) is 0 Å². The molecule has 0 fully saturated rings. The van der Waals surface area contributed by atoms with Crippen LogP contribution in [0.1, 0.15) is 59.8 Å². The Morgan fingerprint density at radius 2 is 1.65 bits per heavy atom. The van der Waals surface area contributed by atoms with E-state index in [2.05, 4.69) is 11.8 Å². The zero-order chi connectivity index (χ0) is 15.6. The predicted molar refractivity (Wildman–Crippen MR) is 81.7 cm³/mol. The van der Waals surface area contributed by atoms with Gasteiger partial charge in [0.1, 0.15) is 5.78 Å². The van der Waals surface area contributed by atoms with Gasteiger partial charge in [-0.1, -0.05) is 27.7 Å². The van der Waals surface area contributed by atoms with Gasteiger partial charge in [0.05, 0.1) is 6.61 Å². The third kappa shape index (κ3) is 9.96. The van der Waals surface area contributed by atoms with Gasteiger partial charge in [0.15, 0.2) is 0 Å². The number of ether oxygens (including phenoxy) is 1. The summed E-state index contributed by atoms with van der Waals surface area (Å²) in [6.07, 6.45) is 3.34. The van der Waals surface area contributed by atoms with E-state index in [4.69, 9.17) is 4.74 Å². The molecular formula is C16H31NO3. The highest BCUT2D eigenvalue weighted by Crippen LogP contribution is 2.18. The van der Waals surface area contributed by atoms with Crippen LogP contribution in [-0.2, 0) is 14.3 Å². The number of hydrogen-bond donors (Lipinski definition) is 0. The van der Waals surface area contributed by atoms with E-state index in [-0.39, 0.29) is 17.2 Å². The summed E-state index contributed by atoms with van der Waals surface area (Å²) in [6.45, 7) is 10.3. The molecule has 0 heterocycles. The molecule has 0 bridgehead atoms. The zero-order valence-corrected chi connectivity index (χ0v) is 13.8. The van der Waals surface area contributed by atoms with Crippen molar-refractivity contribution in [2.75, 3.05) is 26.7 Å². The van der Waals surface area contributed by atoms with Crippen molar-refractivity contribution >= 4 is 11.8 Å². The summed E-state index contributed by atoms with van der Waals surface area (Å²) >= 11 is 0. The molecule has 4 heteroatoms. The first-order valence-corrected chi connectivity index (χ1v) is 7.64. The van der Waals surface area contributed by atoms with E-state index in [1.807, 2.05) is 27.8 Å². The van der Waals surface area contributed by atoms with Crippen LogP contribution in [0.15, 0.2) is 0 Å². The van der Waals surface area contributed by atoms with Crippen molar-refractivity contribution in [1.82, 2.24) is 4.90 Å². The Morgan fingerprint density at radius 3 is 2.20 bits per heavy atom. The number of hydrogen-bond acceptors (Lipinski definition) is 4. The molecule has 0 amide bonds. The van der Waals surface area contributed by atoms with Gasteiger partial charge in [-0.2, -0.15) is 0 Å². The summed E-state index contributed by atoms with van der Waals surface area (Å²) in [4.78, 5) is 25.4. The van der Waals surface area contributed by atoms with Gasteiger partial charge in [-0.15, -0.1) is 0 Å². The largest absolute Gasteiger partial charge is 0.466 e. The fourth-order valence-corrected chi connectivity index (χ4v) is 1.68. The summed E-state index contributed by atoms with van der Waals surface area (Å²) < 4.78 is 5.16. The Balaban J connectivity index is 3.53. The van der Waals surface area contributed by atoms with Gasteiger partial charge in [0.2, 0.25) is 0 Å². The van der Waals surface area contributed by atoms with Gasteiger partial charge in [0, 0.05) is 24.8 Å². The van der Waals surface area contributed by atoms with Gasteiger partial charge >= 0.3 is 5.97 Å². The number of nitrogens with zero attached hydrogens (tertiary/aromatic N) is 1. The van der Waals surface area contributed by atoms with Crippen LogP contribution in [0, 0.1) is 5.41 Å². The number of esters is 1. The molecule has 0 rings (SSSR count). The lowest BCUT2D eigenvalue weighted by atomic mass is 9.88. The highest BCUT2D eigenvalue weighted by atomic mass is 16.5. The lowest BCUT2D eigenvalue weighted by Gasteiger charge is -2.16. The molecule has 20 heavy (non-hydrogen) atoms. The fourth-order valence-electron chi connectivity index (χ4n) is 1.68. The van der Waals surface area contributed by atoms with Crippen LogP contribution in [-0.4, -0.2) is 43.4 Å². The van der Waals surface area contributed by atoms with Crippen molar-refractivity contribution in [3.05, 3.63) is 0 Å². The summed E-state index contributed by atoms with van der Waals surface area (Å²) in [6, 6.07) is 0. The maximum Gasteiger partial charge on any atom is 0.305 e. The van der Waals surface area contributed by atoms with Crippen LogP contribution in [0.2, 0.25) is 0 Å². The monoisotopic (exact) mass is 285 g/mol. The number of rotatable bonds is 10. The molecule has 118 valence electrons. The molecule has 0 N–H and O–H groups in total. The van der Waals surface area contributed by atoms with Crippen molar-refractivity contribution in [3.8, 4) is 0 Å². The predicted octanol–water partition coefficient (Wildman–Crippen LogP) is 3.05. The van der Waals surface area contributed by atoms with E-state index >= 15 is 0 Å². The van der Waals surface area contributed by atoms with Crippen molar-refractivity contribution in [2.45, 2.75) is 59.8 Å². The van der Waals surface area contributed by atoms with Crippen LogP contribution in [0.3, 0.4) is 0 Å². The molecule has 4 nitrogen and oxygen atoms in total. The molecule has 0 unspecified atom stereocenters. The van der Waals surface area contributed by atoms with Gasteiger partial charge in [-0.25, -0.2) is 0 Å². The van der Waals surface area contributed by atoms with Crippen LogP contribution in [0.4, 0.5) is 0 Å². The van der Waals surface area contributed by atoms with E-state index in [1.165, 1.54) is 0 Å². The lowest BCUT2D eigenvalue weighted by molar-refractivity contribution is -0.144. The number of carbonyl (C=O) groups is 2. The van der Waals surface area contributed by atoms with E-state index < -0.39 is 0 Å². The first-order valence-electron chi connectivity index (χ1n) is 7.64. The molecule has 0 atom stereocenters. The maximum atomic E-state index is 11.7. The first kappa shape index (κ1) is 19.1. The third-order valence-corrected chi connectivity index (χ3v) is 3.36. The Labute approximate surface area is 123 Å². The van der Waals surface area contributed by atoms with Crippen molar-refractivity contribution in [1.29, 1.82) is 0 Å². The Bertz CT molecular complexity index is 295. The van der Waals surface area contributed by atoms with E-state index in [1.54, 1.807) is 0 Å². The average molecular weight is 285 g/mol. The minimum atomic E-state index is -0.272. The van der Waals surface area contributed by atoms with Gasteiger partial charge < -0.3 is 9.64 Å². The van der Waals surface area contributed by atoms with E-state index in [0.717, 1.165) is 32.4 Å². The Kier molecular flexibility index (Phi) is 9.47. The molecule has 0 aliphatic rings. The molecule has 0 aliphatic heterocycles. The standard InChI is InChI=1S/C16H31NO3/c1-6-17(5)12-9-13-20-15(19)11-8-7-10-14(18)16(2,3)4/h6-13H2,1-5H3. The van der Waals surface area contributed by atoms with E-state index in [0.29, 0.717) is 19.4 Å². The normalized spacial score (nSPS) is 11.7. The molecular weight excluding hydrogens is 254 g/mol. The number of unbranched alkanes of at least 4 members (excludes halogenated alkanes) is 1. The SMILES string of the molecule is CCN(C)CCCOC(=O)CCCCC(=O)C(C)(C)C. The molecule has 0 radical (unpaired) electrons. The highest BCUT2D eigenvalue weighted by Gasteiger charge is 2.20. The summed E-state index contributed by atoms with van der Waals surface area (Å²) in [5.41, 5.74) is -0.272. The minimum absolute atomic E-state index is 0.146. The second kappa shape index (κ2) is 9.92. The van der Waals surface area contributed by atoms with Crippen molar-refractivity contribution < 1.29 is 14.3 Å². The van der Waals surface area contributed by atoms with Crippen LogP contribution in [0.25, 0.3) is 0 Å². The Morgan fingerprint density at radius 1 is 1.05 bits per heavy atom. The first-order chi connectivity index (χ1) is 9.27. The smallest absolute Gasteiger partial charge is 0.305 e. The van der Waals surface area contributed by atoms with Gasteiger partial charge in [-0.05, 0) is 32.9 Å². The summed E-state index contributed by atoms with van der Waals surface area (Å²) in [5, 5.41) is 0. The Hall–Kier alpha value is -0.900. The highest BCUT2D eigenvalue weighted by molar-refractivity contribution is 5.83. The molecule has 0 spiro atoms. The zero-order valence-electron chi connectivity index (χ0n) is 13.8. The number of ketones is 1. The average Bonchev–Trinajstić information content (AvgIpc) is 2.37. The summed E-state index contributed by atoms with van der Waals surface area (Å²) in [7, 11) is 2.05. The molecule has 0 aromatic rings. The molecule has 0 saturated heterocycles. The quantitative estimate of drug-likeness (QED) is 0.457. The molecule has 0 aromatic heterocycles. The van der Waals surface area contributed by atoms with Gasteiger partial charge in [-0.3, -0.25) is 9.59 Å². The molecule has 0 saturated carbocycles. The number of Topliss-reactive ketones (excluding diaryl/α,β-unsaturated/α-hetero) is 1.